The average Bonchev–Trinajstić information content (AvgIpc) is 3.00. The standard InChI is InChI=1S/C19H24N4O2/c1-24-10-8-23-16(11-13-5-4-9-25-12-13)17-14-6-2-3-7-15(14)21-19(20)18(17)22-23/h2-3,6-7,13H,4-5,8-12H2,1H3,(H2,20,21). The van der Waals surface area contributed by atoms with Crippen molar-refractivity contribution in [2.75, 3.05) is 32.7 Å². The van der Waals surface area contributed by atoms with Crippen LogP contribution in [0.5, 0.6) is 0 Å². The van der Waals surface area contributed by atoms with Gasteiger partial charge in [0.1, 0.15) is 5.52 Å². The van der Waals surface area contributed by atoms with Gasteiger partial charge in [-0.3, -0.25) is 4.68 Å². The van der Waals surface area contributed by atoms with E-state index in [0.29, 0.717) is 24.9 Å². The number of hydrogen-bond donors (Lipinski definition) is 1. The number of nitrogen functional groups attached to an aromatic ring is 1. The van der Waals surface area contributed by atoms with E-state index in [1.807, 2.05) is 22.9 Å². The van der Waals surface area contributed by atoms with Crippen molar-refractivity contribution in [1.29, 1.82) is 0 Å². The van der Waals surface area contributed by atoms with Crippen molar-refractivity contribution in [3.63, 3.8) is 0 Å². The Bertz CT molecular complexity index is 884. The summed E-state index contributed by atoms with van der Waals surface area (Å²) in [5, 5.41) is 7.02. The SMILES string of the molecule is COCCn1nc2c(N)nc3ccccc3c2c1CC1CCCOC1. The van der Waals surface area contributed by atoms with Gasteiger partial charge in [0.2, 0.25) is 0 Å². The van der Waals surface area contributed by atoms with Gasteiger partial charge in [0.15, 0.2) is 5.82 Å². The molecule has 6 nitrogen and oxygen atoms in total. The molecule has 4 rings (SSSR count). The predicted molar refractivity (Wildman–Crippen MR) is 98.6 cm³/mol. The number of methoxy groups -OCH3 is 1. The fourth-order valence-corrected chi connectivity index (χ4v) is 3.74. The fraction of sp³-hybridized carbons (Fsp3) is 0.474. The molecule has 0 spiro atoms. The van der Waals surface area contributed by atoms with Crippen LogP contribution in [-0.2, 0) is 22.4 Å². The monoisotopic (exact) mass is 340 g/mol. The Morgan fingerprint density at radius 3 is 3.04 bits per heavy atom. The third kappa shape index (κ3) is 3.07. The van der Waals surface area contributed by atoms with Crippen LogP contribution in [0.3, 0.4) is 0 Å². The van der Waals surface area contributed by atoms with E-state index in [9.17, 15) is 0 Å². The summed E-state index contributed by atoms with van der Waals surface area (Å²) in [4.78, 5) is 4.53. The zero-order chi connectivity index (χ0) is 17.2. The summed E-state index contributed by atoms with van der Waals surface area (Å²) in [6.45, 7) is 3.02. The van der Waals surface area contributed by atoms with Crippen LogP contribution in [0.15, 0.2) is 24.3 Å². The van der Waals surface area contributed by atoms with Gasteiger partial charge in [0, 0.05) is 36.8 Å². The Balaban J connectivity index is 1.88. The molecule has 1 atom stereocenters. The highest BCUT2D eigenvalue weighted by Gasteiger charge is 2.22. The summed E-state index contributed by atoms with van der Waals surface area (Å²) in [7, 11) is 1.71. The number of anilines is 1. The van der Waals surface area contributed by atoms with Gasteiger partial charge in [-0.2, -0.15) is 5.10 Å². The molecule has 3 aromatic rings. The van der Waals surface area contributed by atoms with Crippen molar-refractivity contribution >= 4 is 27.6 Å². The molecular weight excluding hydrogens is 316 g/mol. The Morgan fingerprint density at radius 1 is 1.36 bits per heavy atom. The van der Waals surface area contributed by atoms with Gasteiger partial charge in [-0.05, 0) is 31.2 Å². The minimum atomic E-state index is 0.492. The van der Waals surface area contributed by atoms with E-state index < -0.39 is 0 Å². The zero-order valence-electron chi connectivity index (χ0n) is 14.6. The maximum absolute atomic E-state index is 6.22. The number of para-hydroxylation sites is 1. The number of aromatic nitrogens is 3. The van der Waals surface area contributed by atoms with E-state index in [2.05, 4.69) is 11.1 Å². The number of pyridine rings is 1. The molecule has 0 saturated carbocycles. The van der Waals surface area contributed by atoms with Gasteiger partial charge in [0.05, 0.1) is 18.7 Å². The molecule has 0 radical (unpaired) electrons. The molecule has 1 fully saturated rings. The third-order valence-corrected chi connectivity index (χ3v) is 4.96. The minimum Gasteiger partial charge on any atom is -0.383 e. The Kier molecular flexibility index (Phi) is 4.55. The number of nitrogens with two attached hydrogens (primary N) is 1. The second-order valence-corrected chi connectivity index (χ2v) is 6.69. The predicted octanol–water partition coefficient (Wildman–Crippen LogP) is 2.78. The Morgan fingerprint density at radius 2 is 2.24 bits per heavy atom. The van der Waals surface area contributed by atoms with Crippen LogP contribution in [0, 0.1) is 5.92 Å². The largest absolute Gasteiger partial charge is 0.383 e. The van der Waals surface area contributed by atoms with E-state index in [1.165, 1.54) is 12.1 Å². The first-order valence-electron chi connectivity index (χ1n) is 8.88. The molecule has 2 aromatic heterocycles. The van der Waals surface area contributed by atoms with Crippen LogP contribution in [0.1, 0.15) is 18.5 Å². The molecule has 1 aliphatic rings. The van der Waals surface area contributed by atoms with E-state index >= 15 is 0 Å². The van der Waals surface area contributed by atoms with E-state index in [-0.39, 0.29) is 0 Å². The molecule has 0 aliphatic carbocycles. The lowest BCUT2D eigenvalue weighted by Gasteiger charge is -2.22. The maximum Gasteiger partial charge on any atom is 0.152 e. The number of rotatable bonds is 5. The summed E-state index contributed by atoms with van der Waals surface area (Å²) in [5.74, 6) is 1.01. The van der Waals surface area contributed by atoms with Gasteiger partial charge in [0.25, 0.3) is 0 Å². The normalized spacial score (nSPS) is 18.2. The molecule has 0 bridgehead atoms. The lowest BCUT2D eigenvalue weighted by molar-refractivity contribution is 0.0542. The van der Waals surface area contributed by atoms with Crippen molar-refractivity contribution in [3.8, 4) is 0 Å². The van der Waals surface area contributed by atoms with Gasteiger partial charge in [-0.25, -0.2) is 4.98 Å². The summed E-state index contributed by atoms with van der Waals surface area (Å²) in [6, 6.07) is 8.14. The lowest BCUT2D eigenvalue weighted by atomic mass is 9.94. The summed E-state index contributed by atoms with van der Waals surface area (Å²) in [5.41, 5.74) is 9.15. The molecule has 25 heavy (non-hydrogen) atoms. The summed E-state index contributed by atoms with van der Waals surface area (Å²) in [6.07, 6.45) is 3.25. The topological polar surface area (TPSA) is 75.2 Å². The van der Waals surface area contributed by atoms with Crippen molar-refractivity contribution < 1.29 is 9.47 Å². The van der Waals surface area contributed by atoms with Crippen molar-refractivity contribution in [1.82, 2.24) is 14.8 Å². The molecule has 1 unspecified atom stereocenters. The highest BCUT2D eigenvalue weighted by molar-refractivity contribution is 6.09. The third-order valence-electron chi connectivity index (χ3n) is 4.96. The van der Waals surface area contributed by atoms with Crippen LogP contribution in [0.2, 0.25) is 0 Å². The summed E-state index contributed by atoms with van der Waals surface area (Å²) < 4.78 is 13.0. The Hall–Kier alpha value is -2.18. The first-order chi connectivity index (χ1) is 12.3. The van der Waals surface area contributed by atoms with Crippen molar-refractivity contribution in [3.05, 3.63) is 30.0 Å². The molecule has 2 N–H and O–H groups in total. The fourth-order valence-electron chi connectivity index (χ4n) is 3.74. The Labute approximate surface area is 146 Å². The number of nitrogens with zero attached hydrogens (tertiary/aromatic N) is 3. The number of ether oxygens (including phenoxy) is 2. The highest BCUT2D eigenvalue weighted by Crippen LogP contribution is 2.32. The number of hydrogen-bond acceptors (Lipinski definition) is 5. The van der Waals surface area contributed by atoms with Gasteiger partial charge < -0.3 is 15.2 Å². The van der Waals surface area contributed by atoms with Crippen LogP contribution in [0.4, 0.5) is 5.82 Å². The molecule has 3 heterocycles. The molecule has 1 aromatic carbocycles. The van der Waals surface area contributed by atoms with Crippen molar-refractivity contribution in [2.24, 2.45) is 5.92 Å². The van der Waals surface area contributed by atoms with Crippen LogP contribution < -0.4 is 5.73 Å². The van der Waals surface area contributed by atoms with Gasteiger partial charge in [-0.1, -0.05) is 18.2 Å². The summed E-state index contributed by atoms with van der Waals surface area (Å²) >= 11 is 0. The molecule has 132 valence electrons. The van der Waals surface area contributed by atoms with Crippen LogP contribution in [-0.4, -0.2) is 41.7 Å². The van der Waals surface area contributed by atoms with Crippen molar-refractivity contribution in [2.45, 2.75) is 25.8 Å². The molecule has 1 saturated heterocycles. The zero-order valence-corrected chi connectivity index (χ0v) is 14.6. The van der Waals surface area contributed by atoms with E-state index in [1.54, 1.807) is 7.11 Å². The second-order valence-electron chi connectivity index (χ2n) is 6.69. The first kappa shape index (κ1) is 16.3. The lowest BCUT2D eigenvalue weighted by Crippen LogP contribution is -2.21. The first-order valence-corrected chi connectivity index (χ1v) is 8.88. The van der Waals surface area contributed by atoms with Crippen LogP contribution >= 0.6 is 0 Å². The quantitative estimate of drug-likeness (QED) is 0.773. The minimum absolute atomic E-state index is 0.492. The molecule has 0 amide bonds. The number of fused-ring (bicyclic) bond motifs is 3. The average molecular weight is 340 g/mol. The maximum atomic E-state index is 6.22. The van der Waals surface area contributed by atoms with Gasteiger partial charge >= 0.3 is 0 Å². The highest BCUT2D eigenvalue weighted by atomic mass is 16.5. The van der Waals surface area contributed by atoms with Gasteiger partial charge in [-0.15, -0.1) is 0 Å². The smallest absolute Gasteiger partial charge is 0.152 e. The van der Waals surface area contributed by atoms with Crippen LogP contribution in [0.25, 0.3) is 21.8 Å². The molecule has 6 heteroatoms. The molecular formula is C19H24N4O2. The van der Waals surface area contributed by atoms with E-state index in [0.717, 1.165) is 47.9 Å². The number of benzene rings is 1. The van der Waals surface area contributed by atoms with E-state index in [4.69, 9.17) is 20.3 Å². The second kappa shape index (κ2) is 6.98. The molecule has 1 aliphatic heterocycles.